The molecule has 0 aromatic carbocycles. The Morgan fingerprint density at radius 2 is 1.62 bits per heavy atom. The average Bonchev–Trinajstić information content (AvgIpc) is 3.06. The third-order valence-corrected chi connectivity index (χ3v) is 3.39. The van der Waals surface area contributed by atoms with Crippen LogP contribution in [-0.4, -0.2) is 23.8 Å². The van der Waals surface area contributed by atoms with Crippen molar-refractivity contribution in [3.8, 4) is 0 Å². The standard InChI is InChI=1S/C8H9N3O.C7H7N3O.BrH/c1-6-5-11-4-3-10(2)8(11)7(12)9-6;1-5-4-10-3-2-8-6(10)7(11)9-5;/h3-5H,1-2H3;2-4H,1H3,(H,9,11);1H. The highest BCUT2D eigenvalue weighted by atomic mass is 79.9. The lowest BCUT2D eigenvalue weighted by molar-refractivity contribution is -0.645. The van der Waals surface area contributed by atoms with Gasteiger partial charge in [-0.2, -0.15) is 4.40 Å². The van der Waals surface area contributed by atoms with Gasteiger partial charge in [0, 0.05) is 24.3 Å². The van der Waals surface area contributed by atoms with Crippen LogP contribution in [0.4, 0.5) is 0 Å². The van der Waals surface area contributed by atoms with Crippen molar-refractivity contribution in [2.75, 3.05) is 0 Å². The lowest BCUT2D eigenvalue weighted by Crippen LogP contribution is -3.00. The molecule has 126 valence electrons. The molecule has 0 saturated heterocycles. The molecule has 0 radical (unpaired) electrons. The Hall–Kier alpha value is -2.68. The fraction of sp³-hybridized carbons (Fsp3) is 0.200. The van der Waals surface area contributed by atoms with Gasteiger partial charge in [0.2, 0.25) is 5.65 Å². The second-order valence-electron chi connectivity index (χ2n) is 5.33. The third kappa shape index (κ3) is 3.30. The maximum atomic E-state index is 11.4. The summed E-state index contributed by atoms with van der Waals surface area (Å²) in [5.41, 5.74) is 2.60. The monoisotopic (exact) mass is 392 g/mol. The van der Waals surface area contributed by atoms with Gasteiger partial charge in [0.1, 0.15) is 18.6 Å². The van der Waals surface area contributed by atoms with Gasteiger partial charge >= 0.3 is 11.2 Å². The lowest BCUT2D eigenvalue weighted by Gasteiger charge is -1.93. The Kier molecular flexibility index (Phi) is 5.03. The molecule has 9 heteroatoms. The van der Waals surface area contributed by atoms with Gasteiger partial charge in [-0.15, -0.1) is 0 Å². The van der Waals surface area contributed by atoms with E-state index >= 15 is 0 Å². The number of imidazole rings is 2. The molecule has 24 heavy (non-hydrogen) atoms. The Bertz CT molecular complexity index is 1100. The number of nitrogens with one attached hydrogen (secondary N) is 2. The first-order valence-corrected chi connectivity index (χ1v) is 7.04. The van der Waals surface area contributed by atoms with Crippen LogP contribution in [0.5, 0.6) is 0 Å². The molecule has 4 aromatic rings. The highest BCUT2D eigenvalue weighted by Gasteiger charge is 2.10. The van der Waals surface area contributed by atoms with Gasteiger partial charge in [0.05, 0.1) is 12.7 Å². The van der Waals surface area contributed by atoms with Crippen LogP contribution < -0.4 is 32.7 Å². The topological polar surface area (TPSA) is 91.3 Å². The fourth-order valence-electron chi connectivity index (χ4n) is 2.42. The molecule has 4 heterocycles. The zero-order valence-corrected chi connectivity index (χ0v) is 15.0. The Morgan fingerprint density at radius 3 is 2.33 bits per heavy atom. The van der Waals surface area contributed by atoms with Crippen LogP contribution in [0, 0.1) is 13.8 Å². The van der Waals surface area contributed by atoms with Gasteiger partial charge in [0.25, 0.3) is 5.56 Å². The number of rotatable bonds is 0. The highest BCUT2D eigenvalue weighted by molar-refractivity contribution is 5.34. The number of H-pyrrole nitrogens is 2. The predicted molar refractivity (Wildman–Crippen MR) is 84.5 cm³/mol. The van der Waals surface area contributed by atoms with Gasteiger partial charge < -0.3 is 31.4 Å². The van der Waals surface area contributed by atoms with Gasteiger partial charge in [-0.05, 0) is 13.8 Å². The van der Waals surface area contributed by atoms with Crippen molar-refractivity contribution < 1.29 is 21.5 Å². The molecular formula is C15H17BrN6O2. The first-order chi connectivity index (χ1) is 11.0. The highest BCUT2D eigenvalue weighted by Crippen LogP contribution is 1.93. The van der Waals surface area contributed by atoms with E-state index < -0.39 is 0 Å². The van der Waals surface area contributed by atoms with E-state index in [0.29, 0.717) is 11.3 Å². The summed E-state index contributed by atoms with van der Waals surface area (Å²) in [6.45, 7) is 3.70. The zero-order valence-electron chi connectivity index (χ0n) is 13.4. The van der Waals surface area contributed by atoms with E-state index in [1.54, 1.807) is 21.4 Å². The van der Waals surface area contributed by atoms with E-state index in [-0.39, 0.29) is 28.1 Å². The minimum atomic E-state index is -0.144. The first-order valence-electron chi connectivity index (χ1n) is 7.04. The molecule has 0 aliphatic carbocycles. The molecule has 0 saturated carbocycles. The number of nitrogens with zero attached hydrogens (tertiary/aromatic N) is 4. The SMILES string of the molecule is Cc1cn2cc[n+](C)c2c(=O)[nH]1.Cc1cn2ccnc2c(=O)[nH]1.[Br-]. The maximum absolute atomic E-state index is 11.4. The van der Waals surface area contributed by atoms with Crippen molar-refractivity contribution in [2.45, 2.75) is 13.8 Å². The van der Waals surface area contributed by atoms with Crippen LogP contribution in [0.2, 0.25) is 0 Å². The van der Waals surface area contributed by atoms with Crippen molar-refractivity contribution >= 4 is 11.3 Å². The predicted octanol–water partition coefficient (Wildman–Crippen LogP) is -2.90. The van der Waals surface area contributed by atoms with Gasteiger partial charge in [-0.3, -0.25) is 9.59 Å². The van der Waals surface area contributed by atoms with Crippen LogP contribution in [-0.2, 0) is 7.05 Å². The average molecular weight is 393 g/mol. The summed E-state index contributed by atoms with van der Waals surface area (Å²) in [6.07, 6.45) is 10.8. The summed E-state index contributed by atoms with van der Waals surface area (Å²) >= 11 is 0. The van der Waals surface area contributed by atoms with E-state index in [2.05, 4.69) is 15.0 Å². The van der Waals surface area contributed by atoms with Gasteiger partial charge in [0.15, 0.2) is 0 Å². The van der Waals surface area contributed by atoms with Crippen LogP contribution in [0.3, 0.4) is 0 Å². The number of fused-ring (bicyclic) bond motifs is 2. The lowest BCUT2D eigenvalue weighted by atomic mass is 10.5. The second-order valence-corrected chi connectivity index (χ2v) is 5.33. The summed E-state index contributed by atoms with van der Waals surface area (Å²) in [5.74, 6) is 0. The summed E-state index contributed by atoms with van der Waals surface area (Å²) in [4.78, 5) is 31.8. The number of aromatic nitrogens is 6. The van der Waals surface area contributed by atoms with Crippen LogP contribution in [0.1, 0.15) is 11.4 Å². The molecule has 0 aliphatic heterocycles. The number of halogens is 1. The molecule has 0 amide bonds. The van der Waals surface area contributed by atoms with E-state index in [0.717, 1.165) is 11.4 Å². The molecule has 4 rings (SSSR count). The molecule has 8 nitrogen and oxygen atoms in total. The summed E-state index contributed by atoms with van der Waals surface area (Å²) in [6, 6.07) is 0. The molecule has 0 atom stereocenters. The van der Waals surface area contributed by atoms with Crippen LogP contribution >= 0.6 is 0 Å². The third-order valence-electron chi connectivity index (χ3n) is 3.39. The maximum Gasteiger partial charge on any atom is 0.352 e. The number of hydrogen-bond donors (Lipinski definition) is 2. The number of aromatic amines is 2. The quantitative estimate of drug-likeness (QED) is 0.314. The Labute approximate surface area is 147 Å². The van der Waals surface area contributed by atoms with E-state index in [1.807, 2.05) is 50.1 Å². The first kappa shape index (κ1) is 17.7. The van der Waals surface area contributed by atoms with Crippen molar-refractivity contribution in [3.63, 3.8) is 0 Å². The zero-order chi connectivity index (χ0) is 16.6. The Morgan fingerprint density at radius 1 is 1.00 bits per heavy atom. The largest absolute Gasteiger partial charge is 1.00 e. The molecular weight excluding hydrogens is 376 g/mol. The summed E-state index contributed by atoms with van der Waals surface area (Å²) < 4.78 is 5.31. The molecule has 0 spiro atoms. The molecule has 0 bridgehead atoms. The minimum Gasteiger partial charge on any atom is -1.00 e. The van der Waals surface area contributed by atoms with Crippen molar-refractivity contribution in [2.24, 2.45) is 7.05 Å². The second kappa shape index (κ2) is 6.83. The minimum absolute atomic E-state index is 0. The van der Waals surface area contributed by atoms with E-state index in [4.69, 9.17) is 0 Å². The van der Waals surface area contributed by atoms with E-state index in [1.165, 1.54) is 0 Å². The van der Waals surface area contributed by atoms with Crippen LogP contribution in [0.15, 0.2) is 46.8 Å². The molecule has 0 unspecified atom stereocenters. The summed E-state index contributed by atoms with van der Waals surface area (Å²) in [5, 5.41) is 0. The Balaban J connectivity index is 0.000000167. The normalized spacial score (nSPS) is 10.3. The molecule has 0 aliphatic rings. The van der Waals surface area contributed by atoms with E-state index in [9.17, 15) is 9.59 Å². The van der Waals surface area contributed by atoms with Crippen molar-refractivity contribution in [1.82, 2.24) is 23.8 Å². The molecule has 0 fully saturated rings. The number of aryl methyl sites for hydroxylation is 3. The summed E-state index contributed by atoms with van der Waals surface area (Å²) in [7, 11) is 1.85. The number of hydrogen-bond acceptors (Lipinski definition) is 3. The van der Waals surface area contributed by atoms with Crippen molar-refractivity contribution in [3.05, 3.63) is 69.3 Å². The van der Waals surface area contributed by atoms with Gasteiger partial charge in [-0.25, -0.2) is 9.55 Å². The fourth-order valence-corrected chi connectivity index (χ4v) is 2.42. The van der Waals surface area contributed by atoms with Gasteiger partial charge in [-0.1, -0.05) is 0 Å². The smallest absolute Gasteiger partial charge is 0.352 e. The molecule has 4 aromatic heterocycles. The van der Waals surface area contributed by atoms with Crippen LogP contribution in [0.25, 0.3) is 11.3 Å². The van der Waals surface area contributed by atoms with Crippen molar-refractivity contribution in [1.29, 1.82) is 0 Å². The molecule has 2 N–H and O–H groups in total.